The molecule has 43 heavy (non-hydrogen) atoms. The number of carbonyl (C=O) groups excluding carboxylic acids is 2. The van der Waals surface area contributed by atoms with Crippen molar-refractivity contribution in [2.24, 2.45) is 0 Å². The molecule has 0 aromatic heterocycles. The first-order valence-corrected chi connectivity index (χ1v) is 15.3. The number of nitrogens with zero attached hydrogens (tertiary/aromatic N) is 2. The lowest BCUT2D eigenvalue weighted by molar-refractivity contribution is -0.143. The number of benzene rings is 3. The van der Waals surface area contributed by atoms with Gasteiger partial charge in [0, 0.05) is 32.0 Å². The number of rotatable bonds is 13. The average molecular weight is 585 g/mol. The maximum atomic E-state index is 13.1. The molecule has 0 radical (unpaired) electrons. The lowest BCUT2D eigenvalue weighted by Gasteiger charge is -2.29. The van der Waals surface area contributed by atoms with Crippen LogP contribution in [-0.4, -0.2) is 59.3 Å². The highest BCUT2D eigenvalue weighted by molar-refractivity contribution is 5.79. The minimum Gasteiger partial charge on any atom is -0.481 e. The Labute approximate surface area is 253 Å². The zero-order chi connectivity index (χ0) is 30.0. The molecule has 0 saturated carbocycles. The smallest absolute Gasteiger partial charge is 0.428 e. The first kappa shape index (κ1) is 30.3. The Kier molecular flexibility index (Phi) is 10.4. The van der Waals surface area contributed by atoms with Gasteiger partial charge in [0.2, 0.25) is 0 Å². The van der Waals surface area contributed by atoms with Gasteiger partial charge in [0.25, 0.3) is 0 Å². The molecule has 8 nitrogen and oxygen atoms in total. The van der Waals surface area contributed by atoms with Crippen LogP contribution < -0.4 is 0 Å². The fourth-order valence-corrected chi connectivity index (χ4v) is 6.04. The number of likely N-dealkylation sites (tertiary alicyclic amines) is 1. The van der Waals surface area contributed by atoms with Gasteiger partial charge in [-0.05, 0) is 65.5 Å². The molecule has 1 heterocycles. The Morgan fingerprint density at radius 2 is 1.42 bits per heavy atom. The van der Waals surface area contributed by atoms with Crippen molar-refractivity contribution in [1.29, 1.82) is 0 Å². The molecule has 0 bridgehead atoms. The third kappa shape index (κ3) is 8.02. The summed E-state index contributed by atoms with van der Waals surface area (Å²) >= 11 is 0. The summed E-state index contributed by atoms with van der Waals surface area (Å²) in [5.41, 5.74) is 6.42. The fraction of sp³-hybridized carbons (Fsp3) is 0.400. The molecule has 1 amide bonds. The normalized spacial score (nSPS) is 14.3. The second kappa shape index (κ2) is 14.8. The zero-order valence-corrected chi connectivity index (χ0v) is 24.6. The van der Waals surface area contributed by atoms with Crippen LogP contribution in [-0.2, 0) is 32.1 Å². The largest absolute Gasteiger partial charge is 0.481 e. The minimum absolute atomic E-state index is 0.00240. The van der Waals surface area contributed by atoms with Gasteiger partial charge in [0.15, 0.2) is 0 Å². The third-order valence-electron chi connectivity index (χ3n) is 8.29. The number of hydrogen-bond acceptors (Lipinski definition) is 6. The SMILES string of the molecule is O=C(O)CCCCCN(Cc1ccccc1CC(=O)OCC1c2ccccc2-c2ccccc21)OC(=O)N1CCCCC1. The molecule has 5 rings (SSSR count). The van der Waals surface area contributed by atoms with Gasteiger partial charge in [-0.1, -0.05) is 79.2 Å². The summed E-state index contributed by atoms with van der Waals surface area (Å²) in [4.78, 5) is 44.6. The van der Waals surface area contributed by atoms with Gasteiger partial charge in [-0.3, -0.25) is 9.59 Å². The number of fused-ring (bicyclic) bond motifs is 3. The van der Waals surface area contributed by atoms with Gasteiger partial charge in [-0.25, -0.2) is 4.79 Å². The highest BCUT2D eigenvalue weighted by Gasteiger charge is 2.29. The van der Waals surface area contributed by atoms with Gasteiger partial charge < -0.3 is 19.6 Å². The number of unbranched alkanes of at least 4 members (excludes halogenated alkanes) is 2. The van der Waals surface area contributed by atoms with Crippen LogP contribution in [0.3, 0.4) is 0 Å². The lowest BCUT2D eigenvalue weighted by atomic mass is 9.98. The van der Waals surface area contributed by atoms with Crippen LogP contribution in [0, 0.1) is 0 Å². The Morgan fingerprint density at radius 3 is 2.09 bits per heavy atom. The minimum atomic E-state index is -0.810. The maximum Gasteiger partial charge on any atom is 0.428 e. The fourth-order valence-electron chi connectivity index (χ4n) is 6.04. The monoisotopic (exact) mass is 584 g/mol. The average Bonchev–Trinajstić information content (AvgIpc) is 3.34. The summed E-state index contributed by atoms with van der Waals surface area (Å²) in [7, 11) is 0. The number of hydroxylamine groups is 2. The summed E-state index contributed by atoms with van der Waals surface area (Å²) in [5.74, 6) is -1.12. The molecule has 0 unspecified atom stereocenters. The van der Waals surface area contributed by atoms with E-state index in [2.05, 4.69) is 24.3 Å². The van der Waals surface area contributed by atoms with Crippen molar-refractivity contribution in [3.63, 3.8) is 0 Å². The number of carboxylic acid groups (broad SMARTS) is 1. The molecule has 1 fully saturated rings. The van der Waals surface area contributed by atoms with Crippen LogP contribution in [0.2, 0.25) is 0 Å². The number of carbonyl (C=O) groups is 3. The number of aliphatic carboxylic acids is 1. The van der Waals surface area contributed by atoms with Crippen molar-refractivity contribution in [2.75, 3.05) is 26.2 Å². The lowest BCUT2D eigenvalue weighted by Crippen LogP contribution is -2.40. The molecule has 1 aliphatic heterocycles. The number of ether oxygens (including phenoxy) is 1. The molecule has 3 aromatic carbocycles. The molecule has 0 atom stereocenters. The van der Waals surface area contributed by atoms with Crippen molar-refractivity contribution < 1.29 is 29.1 Å². The first-order valence-electron chi connectivity index (χ1n) is 15.3. The van der Waals surface area contributed by atoms with Crippen LogP contribution in [0.5, 0.6) is 0 Å². The Morgan fingerprint density at radius 1 is 0.791 bits per heavy atom. The van der Waals surface area contributed by atoms with Gasteiger partial charge in [0.05, 0.1) is 13.0 Å². The third-order valence-corrected chi connectivity index (χ3v) is 8.29. The predicted octanol–water partition coefficient (Wildman–Crippen LogP) is 6.57. The van der Waals surface area contributed by atoms with Crippen LogP contribution >= 0.6 is 0 Å². The number of esters is 1. The van der Waals surface area contributed by atoms with Crippen molar-refractivity contribution in [2.45, 2.75) is 63.8 Å². The van der Waals surface area contributed by atoms with Crippen LogP contribution in [0.1, 0.15) is 73.1 Å². The maximum absolute atomic E-state index is 13.1. The number of hydrogen-bond donors (Lipinski definition) is 1. The van der Waals surface area contributed by atoms with Crippen LogP contribution in [0.4, 0.5) is 4.79 Å². The summed E-state index contributed by atoms with van der Waals surface area (Å²) in [6.45, 7) is 2.43. The van der Waals surface area contributed by atoms with E-state index in [-0.39, 0.29) is 37.4 Å². The van der Waals surface area contributed by atoms with E-state index in [0.717, 1.165) is 30.4 Å². The number of amides is 1. The molecule has 1 saturated heterocycles. The van der Waals surface area contributed by atoms with E-state index < -0.39 is 5.97 Å². The van der Waals surface area contributed by atoms with Crippen molar-refractivity contribution in [3.05, 3.63) is 95.1 Å². The van der Waals surface area contributed by atoms with E-state index in [1.807, 2.05) is 48.5 Å². The molecule has 3 aromatic rings. The molecule has 226 valence electrons. The summed E-state index contributed by atoms with van der Waals surface area (Å²) < 4.78 is 5.87. The van der Waals surface area contributed by atoms with Crippen LogP contribution in [0.25, 0.3) is 11.1 Å². The summed E-state index contributed by atoms with van der Waals surface area (Å²) in [5, 5.41) is 10.6. The summed E-state index contributed by atoms with van der Waals surface area (Å²) in [6.07, 6.45) is 4.89. The zero-order valence-electron chi connectivity index (χ0n) is 24.6. The standard InChI is InChI=1S/C35H40N2O6/c38-33(39)19-3-1-12-22-37(43-35(41)36-20-10-2-11-21-36)24-27-14-5-4-13-26(27)23-34(40)42-25-32-30-17-8-6-15-28(30)29-16-7-9-18-31(29)32/h4-9,13-18,32H,1-3,10-12,19-25H2,(H,38,39). The molecule has 1 N–H and O–H groups in total. The molecular formula is C35H40N2O6. The topological polar surface area (TPSA) is 96.4 Å². The molecule has 1 aliphatic carbocycles. The molecular weight excluding hydrogens is 544 g/mol. The van der Waals surface area contributed by atoms with E-state index in [1.165, 1.54) is 22.3 Å². The van der Waals surface area contributed by atoms with E-state index in [0.29, 0.717) is 45.4 Å². The van der Waals surface area contributed by atoms with Crippen LogP contribution in [0.15, 0.2) is 72.8 Å². The molecule has 2 aliphatic rings. The molecule has 0 spiro atoms. The second-order valence-corrected chi connectivity index (χ2v) is 11.3. The van der Waals surface area contributed by atoms with E-state index in [1.54, 1.807) is 9.96 Å². The van der Waals surface area contributed by atoms with E-state index in [4.69, 9.17) is 14.7 Å². The van der Waals surface area contributed by atoms with Gasteiger partial charge >= 0.3 is 18.0 Å². The quantitative estimate of drug-likeness (QED) is 0.138. The van der Waals surface area contributed by atoms with Crippen molar-refractivity contribution in [1.82, 2.24) is 9.96 Å². The summed E-state index contributed by atoms with van der Waals surface area (Å²) in [6, 6.07) is 24.2. The Hall–Kier alpha value is -4.17. The van der Waals surface area contributed by atoms with Crippen molar-refractivity contribution >= 4 is 18.0 Å². The van der Waals surface area contributed by atoms with Gasteiger partial charge in [-0.2, -0.15) is 0 Å². The molecule has 8 heteroatoms. The number of piperidine rings is 1. The number of carboxylic acids is 1. The Balaban J connectivity index is 1.22. The van der Waals surface area contributed by atoms with Crippen molar-refractivity contribution in [3.8, 4) is 11.1 Å². The van der Waals surface area contributed by atoms with E-state index in [9.17, 15) is 14.4 Å². The predicted molar refractivity (Wildman–Crippen MR) is 163 cm³/mol. The highest BCUT2D eigenvalue weighted by Crippen LogP contribution is 2.44. The van der Waals surface area contributed by atoms with E-state index >= 15 is 0 Å². The highest BCUT2D eigenvalue weighted by atomic mass is 16.7. The Bertz CT molecular complexity index is 1370. The van der Waals surface area contributed by atoms with Gasteiger partial charge in [0.1, 0.15) is 6.61 Å². The second-order valence-electron chi connectivity index (χ2n) is 11.3. The van der Waals surface area contributed by atoms with Gasteiger partial charge in [-0.15, -0.1) is 5.06 Å². The first-order chi connectivity index (χ1) is 21.0.